The minimum atomic E-state index is -0.798. The van der Waals surface area contributed by atoms with Gasteiger partial charge in [0.25, 0.3) is 5.56 Å². The second kappa shape index (κ2) is 11.7. The molecule has 2 aliphatic rings. The molecule has 1 amide bonds. The molecule has 2 aliphatic heterocycles. The molecule has 0 spiro atoms. The second-order valence-corrected chi connectivity index (χ2v) is 11.1. The summed E-state index contributed by atoms with van der Waals surface area (Å²) in [5.41, 5.74) is 7.44. The van der Waals surface area contributed by atoms with Gasteiger partial charge in [-0.1, -0.05) is 24.3 Å². The first-order valence-corrected chi connectivity index (χ1v) is 14.0. The van der Waals surface area contributed by atoms with Crippen LogP contribution >= 0.6 is 0 Å². The van der Waals surface area contributed by atoms with Crippen molar-refractivity contribution in [1.82, 2.24) is 14.5 Å². The third kappa shape index (κ3) is 5.84. The summed E-state index contributed by atoms with van der Waals surface area (Å²) < 4.78 is 14.0. The Morgan fingerprint density at radius 1 is 1.07 bits per heavy atom. The smallest absolute Gasteiger partial charge is 0.250 e. The van der Waals surface area contributed by atoms with Gasteiger partial charge >= 0.3 is 0 Å². The maximum atomic E-state index is 12.9. The zero-order valence-electron chi connectivity index (χ0n) is 23.0. The maximum Gasteiger partial charge on any atom is 0.250 e. The molecule has 0 aliphatic carbocycles. The topological polar surface area (TPSA) is 141 Å². The highest BCUT2D eigenvalue weighted by atomic mass is 16.5. The zero-order chi connectivity index (χ0) is 29.2. The van der Waals surface area contributed by atoms with Crippen molar-refractivity contribution in [1.29, 1.82) is 0 Å². The Bertz CT molecular complexity index is 1720. The monoisotopic (exact) mass is 568 g/mol. The Hall–Kier alpha value is -4.70. The molecule has 10 heteroatoms. The van der Waals surface area contributed by atoms with Gasteiger partial charge in [-0.05, 0) is 48.2 Å². The predicted molar refractivity (Wildman–Crippen MR) is 154 cm³/mol. The minimum absolute atomic E-state index is 0.00715. The number of primary amides is 1. The van der Waals surface area contributed by atoms with Gasteiger partial charge in [-0.15, -0.1) is 0 Å². The zero-order valence-corrected chi connectivity index (χ0v) is 23.0. The molecule has 10 nitrogen and oxygen atoms in total. The van der Waals surface area contributed by atoms with Gasteiger partial charge in [-0.3, -0.25) is 24.3 Å². The van der Waals surface area contributed by atoms with E-state index in [1.807, 2.05) is 28.8 Å². The molecule has 4 aromatic rings. The third-order valence-corrected chi connectivity index (χ3v) is 8.03. The highest BCUT2D eigenvalue weighted by Crippen LogP contribution is 2.37. The highest BCUT2D eigenvalue weighted by molar-refractivity contribution is 5.75. The van der Waals surface area contributed by atoms with Crippen LogP contribution in [0.15, 0.2) is 86.9 Å². The summed E-state index contributed by atoms with van der Waals surface area (Å²) in [5, 5.41) is 10.8. The summed E-state index contributed by atoms with van der Waals surface area (Å²) in [4.78, 5) is 43.9. The van der Waals surface area contributed by atoms with Crippen LogP contribution in [-0.2, 0) is 24.5 Å². The van der Waals surface area contributed by atoms with E-state index >= 15 is 0 Å². The van der Waals surface area contributed by atoms with E-state index in [4.69, 9.17) is 14.9 Å². The Morgan fingerprint density at radius 3 is 2.74 bits per heavy atom. The van der Waals surface area contributed by atoms with Crippen LogP contribution in [-0.4, -0.2) is 38.6 Å². The van der Waals surface area contributed by atoms with Crippen molar-refractivity contribution in [3.8, 4) is 11.5 Å². The number of carbonyl (C=O) groups is 1. The number of pyridine rings is 2. The fourth-order valence-corrected chi connectivity index (χ4v) is 6.24. The molecule has 6 rings (SSSR count). The average Bonchev–Trinajstić information content (AvgIpc) is 2.98. The number of aromatic hydroxyl groups is 1. The molecule has 5 heterocycles. The Labute approximate surface area is 242 Å². The normalized spacial score (nSPS) is 18.7. The number of fused-ring (bicyclic) bond motifs is 4. The number of piperidine rings is 1. The van der Waals surface area contributed by atoms with Crippen LogP contribution in [0.1, 0.15) is 53.1 Å². The van der Waals surface area contributed by atoms with Gasteiger partial charge in [0, 0.05) is 56.0 Å². The predicted octanol–water partition coefficient (Wildman–Crippen LogP) is 3.11. The SMILES string of the molecule is NC(=O)CC(c1cccc(OCc2ccccn2)c1)c1oc(CN2CC3CC(C2)c2cccc(=O)n2C3)cc(=O)c1O. The number of amides is 1. The van der Waals surface area contributed by atoms with E-state index in [0.29, 0.717) is 42.6 Å². The van der Waals surface area contributed by atoms with Crippen LogP contribution in [0.3, 0.4) is 0 Å². The lowest BCUT2D eigenvalue weighted by Crippen LogP contribution is -2.46. The fourth-order valence-electron chi connectivity index (χ4n) is 6.24. The van der Waals surface area contributed by atoms with Crippen molar-refractivity contribution in [2.45, 2.75) is 44.4 Å². The largest absolute Gasteiger partial charge is 0.502 e. The lowest BCUT2D eigenvalue weighted by molar-refractivity contribution is -0.118. The van der Waals surface area contributed by atoms with Crippen molar-refractivity contribution in [3.05, 3.63) is 122 Å². The summed E-state index contributed by atoms with van der Waals surface area (Å²) in [6, 6.07) is 19.3. The van der Waals surface area contributed by atoms with Gasteiger partial charge in [-0.25, -0.2) is 0 Å². The molecular formula is C32H32N4O6. The Balaban J connectivity index is 1.26. The molecule has 3 atom stereocenters. The molecule has 1 fully saturated rings. The number of carbonyl (C=O) groups excluding carboxylic acids is 1. The summed E-state index contributed by atoms with van der Waals surface area (Å²) in [6.45, 7) is 2.71. The van der Waals surface area contributed by atoms with Gasteiger partial charge in [0.15, 0.2) is 5.76 Å². The molecular weight excluding hydrogens is 536 g/mol. The van der Waals surface area contributed by atoms with Gasteiger partial charge in [-0.2, -0.15) is 0 Å². The van der Waals surface area contributed by atoms with Gasteiger partial charge < -0.3 is 24.6 Å². The van der Waals surface area contributed by atoms with Crippen LogP contribution in [0.2, 0.25) is 0 Å². The molecule has 216 valence electrons. The molecule has 0 radical (unpaired) electrons. The summed E-state index contributed by atoms with van der Waals surface area (Å²) in [5.74, 6) is -0.540. The lowest BCUT2D eigenvalue weighted by atomic mass is 9.83. The van der Waals surface area contributed by atoms with Gasteiger partial charge in [0.2, 0.25) is 17.1 Å². The summed E-state index contributed by atoms with van der Waals surface area (Å²) >= 11 is 0. The standard InChI is InChI=1S/C32H32N4O6/c33-29(38)14-26(21-5-3-7-24(12-21)41-19-23-6-1-2-10-34-23)32-31(40)28(37)13-25(42-32)18-35-15-20-11-22(17-35)27-8-4-9-30(39)36(27)16-20/h1-10,12-13,20,22,26,40H,11,14-19H2,(H2,33,38). The number of benzene rings is 1. The number of nitrogens with two attached hydrogens (primary N) is 1. The van der Waals surface area contributed by atoms with E-state index in [1.165, 1.54) is 6.07 Å². The first-order valence-electron chi connectivity index (χ1n) is 14.0. The first-order chi connectivity index (χ1) is 20.3. The summed E-state index contributed by atoms with van der Waals surface area (Å²) in [7, 11) is 0. The van der Waals surface area contributed by atoms with Crippen molar-refractivity contribution in [2.24, 2.45) is 11.7 Å². The average molecular weight is 569 g/mol. The van der Waals surface area contributed by atoms with Crippen LogP contribution < -0.4 is 21.5 Å². The molecule has 3 unspecified atom stereocenters. The first kappa shape index (κ1) is 27.5. The van der Waals surface area contributed by atoms with Crippen molar-refractivity contribution >= 4 is 5.91 Å². The quantitative estimate of drug-likeness (QED) is 0.314. The van der Waals surface area contributed by atoms with Crippen LogP contribution in [0.4, 0.5) is 0 Å². The summed E-state index contributed by atoms with van der Waals surface area (Å²) in [6.07, 6.45) is 2.51. The molecule has 1 aromatic carbocycles. The lowest BCUT2D eigenvalue weighted by Gasteiger charge is -2.42. The van der Waals surface area contributed by atoms with Crippen LogP contribution in [0.25, 0.3) is 0 Å². The molecule has 42 heavy (non-hydrogen) atoms. The van der Waals surface area contributed by atoms with Gasteiger partial charge in [0.1, 0.15) is 18.1 Å². The molecule has 0 saturated carbocycles. The highest BCUT2D eigenvalue weighted by Gasteiger charge is 2.35. The molecule has 3 aromatic heterocycles. The Kier molecular flexibility index (Phi) is 7.62. The van der Waals surface area contributed by atoms with E-state index in [1.54, 1.807) is 42.6 Å². The van der Waals surface area contributed by atoms with E-state index in [9.17, 15) is 19.5 Å². The van der Waals surface area contributed by atoms with Crippen LogP contribution in [0, 0.1) is 5.92 Å². The molecule has 1 saturated heterocycles. The maximum absolute atomic E-state index is 12.9. The molecule has 3 N–H and O–H groups in total. The minimum Gasteiger partial charge on any atom is -0.502 e. The number of hydrogen-bond donors (Lipinski definition) is 2. The van der Waals surface area contributed by atoms with Crippen molar-refractivity contribution < 1.29 is 19.1 Å². The van der Waals surface area contributed by atoms with Gasteiger partial charge in [0.05, 0.1) is 18.2 Å². The third-order valence-electron chi connectivity index (χ3n) is 8.03. The van der Waals surface area contributed by atoms with E-state index in [0.717, 1.165) is 24.4 Å². The number of ether oxygens (including phenoxy) is 1. The fraction of sp³-hybridized carbons (Fsp3) is 0.312. The van der Waals surface area contributed by atoms with Crippen LogP contribution in [0.5, 0.6) is 11.5 Å². The number of rotatable bonds is 9. The number of nitrogens with zero attached hydrogens (tertiary/aromatic N) is 3. The number of likely N-dealkylation sites (tertiary alicyclic amines) is 1. The van der Waals surface area contributed by atoms with E-state index in [-0.39, 0.29) is 30.3 Å². The van der Waals surface area contributed by atoms with Crippen molar-refractivity contribution in [3.63, 3.8) is 0 Å². The van der Waals surface area contributed by atoms with E-state index in [2.05, 4.69) is 9.88 Å². The Morgan fingerprint density at radius 2 is 1.93 bits per heavy atom. The van der Waals surface area contributed by atoms with Crippen molar-refractivity contribution in [2.75, 3.05) is 13.1 Å². The second-order valence-electron chi connectivity index (χ2n) is 11.1. The molecule has 2 bridgehead atoms. The number of aromatic nitrogens is 2. The van der Waals surface area contributed by atoms with E-state index < -0.39 is 23.0 Å². The number of hydrogen-bond acceptors (Lipinski definition) is 8.